The van der Waals surface area contributed by atoms with Crippen molar-refractivity contribution in [1.82, 2.24) is 0 Å². The molecular formula is C20H45NO. The molecular weight excluding hydrogens is 270 g/mol. The fourth-order valence-corrected chi connectivity index (χ4v) is 3.72. The first kappa shape index (κ1) is 24.2. The molecule has 0 aliphatic heterocycles. The third-order valence-electron chi connectivity index (χ3n) is 4.87. The molecule has 0 atom stereocenters. The van der Waals surface area contributed by atoms with Gasteiger partial charge in [-0.2, -0.15) is 0 Å². The van der Waals surface area contributed by atoms with Crippen LogP contribution in [-0.4, -0.2) is 36.1 Å². The fourth-order valence-electron chi connectivity index (χ4n) is 3.72. The van der Waals surface area contributed by atoms with Crippen LogP contribution < -0.4 is 0 Å². The van der Waals surface area contributed by atoms with Gasteiger partial charge in [0.15, 0.2) is 0 Å². The molecule has 0 saturated carbocycles. The van der Waals surface area contributed by atoms with E-state index in [2.05, 4.69) is 27.7 Å². The van der Waals surface area contributed by atoms with Crippen molar-refractivity contribution in [2.45, 2.75) is 105 Å². The van der Waals surface area contributed by atoms with Crippen LogP contribution >= 0.6 is 0 Å². The van der Waals surface area contributed by atoms with E-state index in [1.54, 1.807) is 0 Å². The zero-order chi connectivity index (χ0) is 15.8. The van der Waals surface area contributed by atoms with Gasteiger partial charge in [0.05, 0.1) is 26.2 Å². The molecule has 2 heteroatoms. The number of hydrogen-bond donors (Lipinski definition) is 0. The molecule has 0 aromatic rings. The van der Waals surface area contributed by atoms with Gasteiger partial charge < -0.3 is 9.96 Å². The number of quaternary nitrogens is 1. The summed E-state index contributed by atoms with van der Waals surface area (Å²) in [6.07, 6.45) is 17.0. The molecule has 0 bridgehead atoms. The number of nitrogens with zero attached hydrogens (tertiary/aromatic N) is 1. The molecule has 136 valence electrons. The van der Waals surface area contributed by atoms with Crippen LogP contribution in [0, 0.1) is 0 Å². The number of rotatable bonds is 16. The van der Waals surface area contributed by atoms with E-state index in [1.165, 1.54) is 108 Å². The zero-order valence-electron chi connectivity index (χ0n) is 16.2. The Morgan fingerprint density at radius 2 is 0.773 bits per heavy atom. The molecule has 0 unspecified atom stereocenters. The van der Waals surface area contributed by atoms with Crippen LogP contribution in [0.5, 0.6) is 0 Å². The van der Waals surface area contributed by atoms with Crippen molar-refractivity contribution < 1.29 is 9.96 Å². The largest absolute Gasteiger partial charge is 0.870 e. The maximum absolute atomic E-state index is 2.37. The highest BCUT2D eigenvalue weighted by atomic mass is 16.0. The third-order valence-corrected chi connectivity index (χ3v) is 4.87. The Kier molecular flexibility index (Phi) is 19.0. The SMILES string of the molecule is CCCCCCC[N+](CCC)(CCC)CCCCCCC.[OH-]. The number of hydrogen-bond acceptors (Lipinski definition) is 1. The van der Waals surface area contributed by atoms with E-state index in [0.717, 1.165) is 0 Å². The predicted molar refractivity (Wildman–Crippen MR) is 99.8 cm³/mol. The first-order chi connectivity index (χ1) is 10.2. The fraction of sp³-hybridized carbons (Fsp3) is 1.00. The highest BCUT2D eigenvalue weighted by molar-refractivity contribution is 4.50. The second-order valence-corrected chi connectivity index (χ2v) is 7.06. The van der Waals surface area contributed by atoms with Crippen LogP contribution in [0.15, 0.2) is 0 Å². The Labute approximate surface area is 141 Å². The van der Waals surface area contributed by atoms with Gasteiger partial charge in [-0.3, -0.25) is 0 Å². The Bertz CT molecular complexity index is 184. The molecule has 0 aliphatic carbocycles. The van der Waals surface area contributed by atoms with Gasteiger partial charge in [0, 0.05) is 0 Å². The molecule has 0 aliphatic rings. The van der Waals surface area contributed by atoms with Crippen LogP contribution in [-0.2, 0) is 0 Å². The standard InChI is InChI=1S/C20H44N.H2O/c1-5-9-11-13-15-19-21(17-7-3,18-8-4)20-16-14-12-10-6-2;/h5-20H2,1-4H3;1H2/q+1;/p-1. The molecule has 0 fully saturated rings. The zero-order valence-corrected chi connectivity index (χ0v) is 16.2. The maximum atomic E-state index is 2.37. The predicted octanol–water partition coefficient (Wildman–Crippen LogP) is 6.39. The van der Waals surface area contributed by atoms with Gasteiger partial charge in [-0.25, -0.2) is 0 Å². The van der Waals surface area contributed by atoms with E-state index in [9.17, 15) is 0 Å². The van der Waals surface area contributed by atoms with E-state index >= 15 is 0 Å². The molecule has 1 N–H and O–H groups in total. The van der Waals surface area contributed by atoms with Crippen molar-refractivity contribution in [3.63, 3.8) is 0 Å². The average molecular weight is 316 g/mol. The Morgan fingerprint density at radius 3 is 1.09 bits per heavy atom. The second-order valence-electron chi connectivity index (χ2n) is 7.06. The Balaban J connectivity index is 0. The summed E-state index contributed by atoms with van der Waals surface area (Å²) in [6, 6.07) is 0. The van der Waals surface area contributed by atoms with Crippen molar-refractivity contribution in [1.29, 1.82) is 0 Å². The molecule has 0 saturated heterocycles. The Hall–Kier alpha value is -0.0800. The molecule has 0 radical (unpaired) electrons. The lowest BCUT2D eigenvalue weighted by molar-refractivity contribution is -0.928. The van der Waals surface area contributed by atoms with E-state index in [4.69, 9.17) is 0 Å². The summed E-state index contributed by atoms with van der Waals surface area (Å²) in [6.45, 7) is 15.1. The molecule has 0 heterocycles. The number of unbranched alkanes of at least 4 members (excludes halogenated alkanes) is 8. The van der Waals surface area contributed by atoms with E-state index < -0.39 is 0 Å². The summed E-state index contributed by atoms with van der Waals surface area (Å²) < 4.78 is 1.42. The topological polar surface area (TPSA) is 30.0 Å². The summed E-state index contributed by atoms with van der Waals surface area (Å²) in [4.78, 5) is 0. The van der Waals surface area contributed by atoms with Crippen molar-refractivity contribution in [3.05, 3.63) is 0 Å². The first-order valence-corrected chi connectivity index (χ1v) is 10.1. The van der Waals surface area contributed by atoms with E-state index in [0.29, 0.717) is 0 Å². The summed E-state index contributed by atoms with van der Waals surface area (Å²) in [5.74, 6) is 0. The lowest BCUT2D eigenvalue weighted by Crippen LogP contribution is -2.50. The molecule has 2 nitrogen and oxygen atoms in total. The smallest absolute Gasteiger partial charge is 0.0786 e. The molecule has 0 amide bonds. The quantitative estimate of drug-likeness (QED) is 0.240. The third kappa shape index (κ3) is 12.5. The van der Waals surface area contributed by atoms with Gasteiger partial charge >= 0.3 is 0 Å². The average Bonchev–Trinajstić information content (AvgIpc) is 2.47. The van der Waals surface area contributed by atoms with Gasteiger partial charge in [0.1, 0.15) is 0 Å². The van der Waals surface area contributed by atoms with Gasteiger partial charge in [-0.1, -0.05) is 66.2 Å². The van der Waals surface area contributed by atoms with Crippen LogP contribution in [0.2, 0.25) is 0 Å². The minimum atomic E-state index is 0. The monoisotopic (exact) mass is 315 g/mol. The summed E-state index contributed by atoms with van der Waals surface area (Å²) in [5, 5.41) is 0. The lowest BCUT2D eigenvalue weighted by atomic mass is 10.1. The second kappa shape index (κ2) is 17.3. The van der Waals surface area contributed by atoms with Gasteiger partial charge in [0.2, 0.25) is 0 Å². The van der Waals surface area contributed by atoms with Gasteiger partial charge in [-0.15, -0.1) is 0 Å². The van der Waals surface area contributed by atoms with Crippen LogP contribution in [0.25, 0.3) is 0 Å². The maximum Gasteiger partial charge on any atom is 0.0786 e. The highest BCUT2D eigenvalue weighted by Gasteiger charge is 2.24. The van der Waals surface area contributed by atoms with Crippen LogP contribution in [0.1, 0.15) is 105 Å². The van der Waals surface area contributed by atoms with Gasteiger partial charge in [0.25, 0.3) is 0 Å². The first-order valence-electron chi connectivity index (χ1n) is 10.1. The summed E-state index contributed by atoms with van der Waals surface area (Å²) in [7, 11) is 0. The van der Waals surface area contributed by atoms with E-state index in [1.807, 2.05) is 0 Å². The van der Waals surface area contributed by atoms with Crippen molar-refractivity contribution in [2.75, 3.05) is 26.2 Å². The molecule has 0 spiro atoms. The minimum absolute atomic E-state index is 0. The van der Waals surface area contributed by atoms with Gasteiger partial charge in [-0.05, 0) is 38.5 Å². The molecule has 22 heavy (non-hydrogen) atoms. The van der Waals surface area contributed by atoms with Crippen molar-refractivity contribution in [3.8, 4) is 0 Å². The summed E-state index contributed by atoms with van der Waals surface area (Å²) in [5.41, 5.74) is 0. The highest BCUT2D eigenvalue weighted by Crippen LogP contribution is 2.17. The normalized spacial score (nSPS) is 11.5. The van der Waals surface area contributed by atoms with Crippen molar-refractivity contribution in [2.24, 2.45) is 0 Å². The Morgan fingerprint density at radius 1 is 0.409 bits per heavy atom. The molecule has 0 rings (SSSR count). The van der Waals surface area contributed by atoms with Crippen molar-refractivity contribution >= 4 is 0 Å². The minimum Gasteiger partial charge on any atom is -0.870 e. The summed E-state index contributed by atoms with van der Waals surface area (Å²) >= 11 is 0. The van der Waals surface area contributed by atoms with E-state index in [-0.39, 0.29) is 5.48 Å². The lowest BCUT2D eigenvalue weighted by Gasteiger charge is -2.39. The van der Waals surface area contributed by atoms with Crippen LogP contribution in [0.4, 0.5) is 0 Å². The van der Waals surface area contributed by atoms with Crippen LogP contribution in [0.3, 0.4) is 0 Å². The molecule has 0 aromatic carbocycles. The molecule has 0 aromatic heterocycles.